The van der Waals surface area contributed by atoms with Crippen LogP contribution in [0.2, 0.25) is 0 Å². The molecule has 0 amide bonds. The highest BCUT2D eigenvalue weighted by Crippen LogP contribution is 2.16. The molecule has 0 saturated carbocycles. The maximum Gasteiger partial charge on any atom is 0.238 e. The van der Waals surface area contributed by atoms with E-state index in [1.165, 1.54) is 0 Å². The molecule has 0 unspecified atom stereocenters. The van der Waals surface area contributed by atoms with E-state index in [-0.39, 0.29) is 5.54 Å². The summed E-state index contributed by atoms with van der Waals surface area (Å²) in [5.74, 6) is 1.12. The van der Waals surface area contributed by atoms with Gasteiger partial charge in [0.15, 0.2) is 5.75 Å². The fourth-order valence-electron chi connectivity index (χ4n) is 1.41. The Bertz CT molecular complexity index is 527. The van der Waals surface area contributed by atoms with Gasteiger partial charge in [-0.1, -0.05) is 0 Å². The minimum Gasteiger partial charge on any atom is -0.434 e. The molecule has 0 aromatic carbocycles. The van der Waals surface area contributed by atoms with E-state index >= 15 is 0 Å². The van der Waals surface area contributed by atoms with Gasteiger partial charge in [-0.15, -0.1) is 0 Å². The number of aryl methyl sites for hydroxylation is 1. The van der Waals surface area contributed by atoms with Crippen LogP contribution < -0.4 is 10.1 Å². The molecule has 19 heavy (non-hydrogen) atoms. The highest BCUT2D eigenvalue weighted by atomic mass is 16.5. The third kappa shape index (κ3) is 4.33. The van der Waals surface area contributed by atoms with Gasteiger partial charge in [-0.3, -0.25) is 9.67 Å². The number of nitrogens with one attached hydrogen (secondary N) is 1. The topological polar surface area (TPSA) is 64.9 Å². The van der Waals surface area contributed by atoms with Crippen molar-refractivity contribution in [1.82, 2.24) is 25.1 Å². The van der Waals surface area contributed by atoms with E-state index in [1.807, 2.05) is 7.05 Å². The third-order valence-electron chi connectivity index (χ3n) is 2.39. The summed E-state index contributed by atoms with van der Waals surface area (Å²) in [6, 6.07) is 0. The van der Waals surface area contributed by atoms with Gasteiger partial charge in [0.05, 0.1) is 30.5 Å². The number of nitrogens with zero attached hydrogens (tertiary/aromatic N) is 4. The lowest BCUT2D eigenvalue weighted by Crippen LogP contribution is -2.35. The van der Waals surface area contributed by atoms with E-state index in [1.54, 1.807) is 29.5 Å². The molecule has 0 atom stereocenters. The minimum atomic E-state index is 0.0621. The molecule has 0 bridgehead atoms. The average Bonchev–Trinajstić information content (AvgIpc) is 2.73. The summed E-state index contributed by atoms with van der Waals surface area (Å²) in [4.78, 5) is 8.53. The second-order valence-corrected chi connectivity index (χ2v) is 5.40. The van der Waals surface area contributed by atoms with Crippen molar-refractivity contribution in [3.63, 3.8) is 0 Å². The average molecular weight is 261 g/mol. The smallest absolute Gasteiger partial charge is 0.238 e. The first-order valence-corrected chi connectivity index (χ1v) is 6.15. The molecule has 2 heterocycles. The van der Waals surface area contributed by atoms with E-state index in [9.17, 15) is 0 Å². The quantitative estimate of drug-likeness (QED) is 0.910. The molecule has 0 aliphatic heterocycles. The normalized spacial score (nSPS) is 11.6. The Hall–Kier alpha value is -1.95. The Morgan fingerprint density at radius 2 is 2.00 bits per heavy atom. The van der Waals surface area contributed by atoms with Crippen LogP contribution in [-0.4, -0.2) is 25.3 Å². The zero-order valence-corrected chi connectivity index (χ0v) is 11.7. The maximum atomic E-state index is 5.52. The first-order chi connectivity index (χ1) is 8.92. The fourth-order valence-corrected chi connectivity index (χ4v) is 1.41. The van der Waals surface area contributed by atoms with Crippen molar-refractivity contribution in [3.8, 4) is 11.6 Å². The number of ether oxygens (including phenoxy) is 1. The number of hydrogen-bond donors (Lipinski definition) is 1. The van der Waals surface area contributed by atoms with Crippen LogP contribution >= 0.6 is 0 Å². The molecule has 0 spiro atoms. The molecule has 0 aliphatic rings. The van der Waals surface area contributed by atoms with Crippen molar-refractivity contribution in [2.45, 2.75) is 32.9 Å². The summed E-state index contributed by atoms with van der Waals surface area (Å²) < 4.78 is 7.19. The van der Waals surface area contributed by atoms with Gasteiger partial charge in [0.1, 0.15) is 0 Å². The molecule has 0 aliphatic carbocycles. The summed E-state index contributed by atoms with van der Waals surface area (Å²) in [6.45, 7) is 7.02. The van der Waals surface area contributed by atoms with Crippen LogP contribution in [0.4, 0.5) is 0 Å². The Kier molecular flexibility index (Phi) is 3.80. The van der Waals surface area contributed by atoms with Gasteiger partial charge in [0.25, 0.3) is 0 Å². The standard InChI is InChI=1S/C13H19N5O/c1-13(2,3)16-6-10-5-15-12(8-14-10)19-11-7-17-18(4)9-11/h5,7-9,16H,6H2,1-4H3. The lowest BCUT2D eigenvalue weighted by Gasteiger charge is -2.19. The SMILES string of the molecule is Cn1cc(Oc2cnc(CNC(C)(C)C)cn2)cn1. The predicted molar refractivity (Wildman–Crippen MR) is 71.9 cm³/mol. The first-order valence-electron chi connectivity index (χ1n) is 6.15. The van der Waals surface area contributed by atoms with Gasteiger partial charge < -0.3 is 10.1 Å². The maximum absolute atomic E-state index is 5.52. The molecular weight excluding hydrogens is 242 g/mol. The summed E-state index contributed by atoms with van der Waals surface area (Å²) >= 11 is 0. The predicted octanol–water partition coefficient (Wildman–Crippen LogP) is 1.89. The second-order valence-electron chi connectivity index (χ2n) is 5.40. The molecule has 102 valence electrons. The van der Waals surface area contributed by atoms with E-state index in [0.29, 0.717) is 18.2 Å². The fraction of sp³-hybridized carbons (Fsp3) is 0.462. The molecule has 0 fully saturated rings. The molecule has 1 N–H and O–H groups in total. The van der Waals surface area contributed by atoms with Crippen molar-refractivity contribution < 1.29 is 4.74 Å². The lowest BCUT2D eigenvalue weighted by molar-refractivity contribution is 0.418. The van der Waals surface area contributed by atoms with Crippen molar-refractivity contribution in [2.75, 3.05) is 0 Å². The van der Waals surface area contributed by atoms with Crippen molar-refractivity contribution >= 4 is 0 Å². The van der Waals surface area contributed by atoms with Gasteiger partial charge >= 0.3 is 0 Å². The van der Waals surface area contributed by atoms with E-state index in [2.05, 4.69) is 41.2 Å². The van der Waals surface area contributed by atoms with Gasteiger partial charge in [-0.2, -0.15) is 5.10 Å². The van der Waals surface area contributed by atoms with Crippen LogP contribution in [0, 0.1) is 0 Å². The summed E-state index contributed by atoms with van der Waals surface area (Å²) in [5.41, 5.74) is 0.945. The van der Waals surface area contributed by atoms with Gasteiger partial charge in [0.2, 0.25) is 5.88 Å². The number of aromatic nitrogens is 4. The molecular formula is C13H19N5O. The highest BCUT2D eigenvalue weighted by molar-refractivity contribution is 5.19. The van der Waals surface area contributed by atoms with Crippen LogP contribution in [0.25, 0.3) is 0 Å². The molecule has 0 saturated heterocycles. The Morgan fingerprint density at radius 3 is 2.53 bits per heavy atom. The third-order valence-corrected chi connectivity index (χ3v) is 2.39. The Balaban J connectivity index is 1.95. The van der Waals surface area contributed by atoms with Crippen LogP contribution in [-0.2, 0) is 13.6 Å². The Morgan fingerprint density at radius 1 is 1.21 bits per heavy atom. The number of hydrogen-bond acceptors (Lipinski definition) is 5. The highest BCUT2D eigenvalue weighted by Gasteiger charge is 2.09. The largest absolute Gasteiger partial charge is 0.434 e. The van der Waals surface area contributed by atoms with Crippen LogP contribution in [0.15, 0.2) is 24.8 Å². The molecule has 2 aromatic rings. The summed E-state index contributed by atoms with van der Waals surface area (Å²) in [7, 11) is 1.83. The minimum absolute atomic E-state index is 0.0621. The van der Waals surface area contributed by atoms with Crippen molar-refractivity contribution in [3.05, 3.63) is 30.5 Å². The first kappa shape index (κ1) is 13.5. The molecule has 6 nitrogen and oxygen atoms in total. The zero-order chi connectivity index (χ0) is 13.9. The molecule has 2 aromatic heterocycles. The van der Waals surface area contributed by atoms with Crippen LogP contribution in [0.5, 0.6) is 11.6 Å². The van der Waals surface area contributed by atoms with E-state index in [0.717, 1.165) is 5.69 Å². The van der Waals surface area contributed by atoms with Crippen molar-refractivity contribution in [2.24, 2.45) is 7.05 Å². The van der Waals surface area contributed by atoms with Crippen molar-refractivity contribution in [1.29, 1.82) is 0 Å². The second kappa shape index (κ2) is 5.36. The Labute approximate surface area is 112 Å². The number of rotatable bonds is 4. The summed E-state index contributed by atoms with van der Waals surface area (Å²) in [5, 5.41) is 7.37. The zero-order valence-electron chi connectivity index (χ0n) is 11.7. The van der Waals surface area contributed by atoms with Gasteiger partial charge in [0, 0.05) is 19.1 Å². The monoisotopic (exact) mass is 261 g/mol. The van der Waals surface area contributed by atoms with E-state index in [4.69, 9.17) is 4.74 Å². The molecule has 0 radical (unpaired) electrons. The summed E-state index contributed by atoms with van der Waals surface area (Å²) in [6.07, 6.45) is 6.74. The molecule has 2 rings (SSSR count). The molecule has 6 heteroatoms. The van der Waals surface area contributed by atoms with Crippen LogP contribution in [0.1, 0.15) is 26.5 Å². The van der Waals surface area contributed by atoms with Gasteiger partial charge in [-0.05, 0) is 20.8 Å². The lowest BCUT2D eigenvalue weighted by atomic mass is 10.1. The van der Waals surface area contributed by atoms with Gasteiger partial charge in [-0.25, -0.2) is 4.98 Å². The van der Waals surface area contributed by atoms with Crippen LogP contribution in [0.3, 0.4) is 0 Å². The van der Waals surface area contributed by atoms with E-state index < -0.39 is 0 Å².